The number of carbonyl (C=O) groups is 2. The monoisotopic (exact) mass is 158 g/mol. The van der Waals surface area contributed by atoms with Crippen molar-refractivity contribution in [2.75, 3.05) is 0 Å². The Morgan fingerprint density at radius 3 is 2.18 bits per heavy atom. The predicted octanol–water partition coefficient (Wildman–Crippen LogP) is -0.654. The van der Waals surface area contributed by atoms with Crippen LogP contribution in [-0.4, -0.2) is 18.1 Å². The summed E-state index contributed by atoms with van der Waals surface area (Å²) in [6.45, 7) is 0. The van der Waals surface area contributed by atoms with Crippen molar-refractivity contribution in [1.82, 2.24) is 0 Å². The maximum atomic E-state index is 10.6. The Bertz CT molecular complexity index is 188. The lowest BCUT2D eigenvalue weighted by Crippen LogP contribution is -2.36. The van der Waals surface area contributed by atoms with Crippen LogP contribution >= 0.6 is 0 Å². The molecule has 5 heteroatoms. The van der Waals surface area contributed by atoms with Gasteiger partial charge in [0.15, 0.2) is 6.10 Å². The lowest BCUT2D eigenvalue weighted by atomic mass is 10.2. The molecular weight excluding hydrogens is 148 g/mol. The molecule has 1 atom stereocenters. The van der Waals surface area contributed by atoms with Crippen LogP contribution in [-0.2, 0) is 9.53 Å². The molecule has 4 N–H and O–H groups in total. The molecule has 0 aromatic carbocycles. The van der Waals surface area contributed by atoms with Crippen molar-refractivity contribution in [2.45, 2.75) is 18.9 Å². The van der Waals surface area contributed by atoms with E-state index in [-0.39, 0.29) is 5.92 Å². The Kier molecular flexibility index (Phi) is 1.98. The summed E-state index contributed by atoms with van der Waals surface area (Å²) in [5.41, 5.74) is 9.68. The molecule has 0 heterocycles. The van der Waals surface area contributed by atoms with Crippen LogP contribution in [0.25, 0.3) is 0 Å². The third kappa shape index (κ3) is 2.10. The van der Waals surface area contributed by atoms with Crippen molar-refractivity contribution in [1.29, 1.82) is 0 Å². The number of rotatable bonds is 3. The maximum Gasteiger partial charge on any atom is 0.405 e. The zero-order valence-electron chi connectivity index (χ0n) is 5.95. The van der Waals surface area contributed by atoms with Crippen LogP contribution < -0.4 is 11.5 Å². The molecule has 0 spiro atoms. The number of amides is 2. The van der Waals surface area contributed by atoms with Gasteiger partial charge in [0.2, 0.25) is 0 Å². The minimum absolute atomic E-state index is 0.0972. The van der Waals surface area contributed by atoms with Gasteiger partial charge < -0.3 is 16.2 Å². The Labute approximate surface area is 63.7 Å². The highest BCUT2D eigenvalue weighted by Gasteiger charge is 2.37. The van der Waals surface area contributed by atoms with E-state index in [0.29, 0.717) is 0 Å². The van der Waals surface area contributed by atoms with Crippen LogP contribution in [0, 0.1) is 5.92 Å². The molecule has 1 unspecified atom stereocenters. The third-order valence-corrected chi connectivity index (χ3v) is 1.57. The van der Waals surface area contributed by atoms with E-state index >= 15 is 0 Å². The van der Waals surface area contributed by atoms with Gasteiger partial charge in [-0.05, 0) is 12.8 Å². The van der Waals surface area contributed by atoms with Gasteiger partial charge in [-0.1, -0.05) is 0 Å². The molecule has 1 saturated carbocycles. The fourth-order valence-electron chi connectivity index (χ4n) is 0.911. The average Bonchev–Trinajstić information content (AvgIpc) is 2.63. The maximum absolute atomic E-state index is 10.6. The van der Waals surface area contributed by atoms with Crippen molar-refractivity contribution in [3.05, 3.63) is 0 Å². The van der Waals surface area contributed by atoms with Gasteiger partial charge in [0, 0.05) is 5.92 Å². The minimum atomic E-state index is -0.944. The molecule has 0 aromatic rings. The van der Waals surface area contributed by atoms with Crippen molar-refractivity contribution >= 4 is 12.0 Å². The van der Waals surface area contributed by atoms with Gasteiger partial charge in [0.1, 0.15) is 0 Å². The Balaban J connectivity index is 2.45. The van der Waals surface area contributed by atoms with Crippen LogP contribution in [0.5, 0.6) is 0 Å². The smallest absolute Gasteiger partial charge is 0.405 e. The van der Waals surface area contributed by atoms with Gasteiger partial charge in [0.25, 0.3) is 5.91 Å². The second kappa shape index (κ2) is 2.77. The molecule has 1 aliphatic rings. The fraction of sp³-hybridized carbons (Fsp3) is 0.667. The van der Waals surface area contributed by atoms with Gasteiger partial charge in [-0.15, -0.1) is 0 Å². The van der Waals surface area contributed by atoms with E-state index in [1.54, 1.807) is 0 Å². The van der Waals surface area contributed by atoms with E-state index in [1.165, 1.54) is 0 Å². The van der Waals surface area contributed by atoms with Crippen LogP contribution in [0.15, 0.2) is 0 Å². The molecular formula is C6H10N2O3. The summed E-state index contributed by atoms with van der Waals surface area (Å²) < 4.78 is 4.50. The molecule has 0 bridgehead atoms. The largest absolute Gasteiger partial charge is 0.436 e. The van der Waals surface area contributed by atoms with Crippen molar-refractivity contribution < 1.29 is 14.3 Å². The lowest BCUT2D eigenvalue weighted by molar-refractivity contribution is -0.127. The standard InChI is InChI=1S/C6H10N2O3/c7-5(9)4(3-1-2-3)11-6(8)10/h3-4H,1-2H2,(H2,7,9)(H2,8,10). The average molecular weight is 158 g/mol. The first-order valence-corrected chi connectivity index (χ1v) is 3.36. The molecule has 0 aromatic heterocycles. The van der Waals surface area contributed by atoms with Crippen LogP contribution in [0.1, 0.15) is 12.8 Å². The third-order valence-electron chi connectivity index (χ3n) is 1.57. The second-order valence-corrected chi connectivity index (χ2v) is 2.60. The minimum Gasteiger partial charge on any atom is -0.436 e. The summed E-state index contributed by atoms with van der Waals surface area (Å²) in [4.78, 5) is 20.8. The van der Waals surface area contributed by atoms with Gasteiger partial charge in [0.05, 0.1) is 0 Å². The number of hydrogen-bond donors (Lipinski definition) is 2. The van der Waals surface area contributed by atoms with Crippen LogP contribution in [0.4, 0.5) is 4.79 Å². The Hall–Kier alpha value is -1.26. The van der Waals surface area contributed by atoms with Crippen LogP contribution in [0.2, 0.25) is 0 Å². The zero-order valence-corrected chi connectivity index (χ0v) is 5.95. The van der Waals surface area contributed by atoms with E-state index < -0.39 is 18.1 Å². The summed E-state index contributed by atoms with van der Waals surface area (Å²) in [7, 11) is 0. The molecule has 2 amide bonds. The van der Waals surface area contributed by atoms with Gasteiger partial charge in [-0.2, -0.15) is 0 Å². The number of nitrogens with two attached hydrogens (primary N) is 2. The number of carbonyl (C=O) groups excluding carboxylic acids is 2. The van der Waals surface area contributed by atoms with E-state index in [1.807, 2.05) is 0 Å². The molecule has 62 valence electrons. The quantitative estimate of drug-likeness (QED) is 0.571. The topological polar surface area (TPSA) is 95.4 Å². The molecule has 1 fully saturated rings. The molecule has 1 rings (SSSR count). The Morgan fingerprint density at radius 2 is 1.91 bits per heavy atom. The van der Waals surface area contributed by atoms with Crippen LogP contribution in [0.3, 0.4) is 0 Å². The first-order valence-electron chi connectivity index (χ1n) is 3.36. The highest BCUT2D eigenvalue weighted by molar-refractivity contribution is 5.82. The van der Waals surface area contributed by atoms with Gasteiger partial charge >= 0.3 is 6.09 Å². The summed E-state index contributed by atoms with van der Waals surface area (Å²) in [5, 5.41) is 0. The fourth-order valence-corrected chi connectivity index (χ4v) is 0.911. The predicted molar refractivity (Wildman–Crippen MR) is 36.4 cm³/mol. The first kappa shape index (κ1) is 7.84. The SMILES string of the molecule is NC(=O)OC(C(N)=O)C1CC1. The van der Waals surface area contributed by atoms with E-state index in [2.05, 4.69) is 4.74 Å². The first-order chi connectivity index (χ1) is 5.11. The molecule has 11 heavy (non-hydrogen) atoms. The van der Waals surface area contributed by atoms with Crippen molar-refractivity contribution in [3.63, 3.8) is 0 Å². The van der Waals surface area contributed by atoms with Gasteiger partial charge in [-0.3, -0.25) is 4.79 Å². The summed E-state index contributed by atoms with van der Waals surface area (Å²) in [6.07, 6.45) is -0.00454. The number of ether oxygens (including phenoxy) is 1. The summed E-state index contributed by atoms with van der Waals surface area (Å²) >= 11 is 0. The van der Waals surface area contributed by atoms with Crippen molar-refractivity contribution in [3.8, 4) is 0 Å². The zero-order chi connectivity index (χ0) is 8.43. The van der Waals surface area contributed by atoms with Gasteiger partial charge in [-0.25, -0.2) is 4.79 Å². The van der Waals surface area contributed by atoms with E-state index in [4.69, 9.17) is 11.5 Å². The molecule has 0 aliphatic heterocycles. The second-order valence-electron chi connectivity index (χ2n) is 2.60. The molecule has 0 saturated heterocycles. The highest BCUT2D eigenvalue weighted by Crippen LogP contribution is 2.34. The Morgan fingerprint density at radius 1 is 1.36 bits per heavy atom. The normalized spacial score (nSPS) is 18.9. The van der Waals surface area contributed by atoms with Crippen molar-refractivity contribution in [2.24, 2.45) is 17.4 Å². The number of hydrogen-bond acceptors (Lipinski definition) is 3. The molecule has 0 radical (unpaired) electrons. The van der Waals surface area contributed by atoms with E-state index in [0.717, 1.165) is 12.8 Å². The molecule has 1 aliphatic carbocycles. The summed E-state index contributed by atoms with van der Waals surface area (Å²) in [6, 6.07) is 0. The lowest BCUT2D eigenvalue weighted by Gasteiger charge is -2.10. The molecule has 5 nitrogen and oxygen atoms in total. The summed E-state index contributed by atoms with van der Waals surface area (Å²) in [5.74, 6) is -0.522. The number of primary amides is 2. The highest BCUT2D eigenvalue weighted by atomic mass is 16.6. The van der Waals surface area contributed by atoms with E-state index in [9.17, 15) is 9.59 Å².